The highest BCUT2D eigenvalue weighted by Gasteiger charge is 2.03. The summed E-state index contributed by atoms with van der Waals surface area (Å²) in [5.41, 5.74) is 0.753. The Bertz CT molecular complexity index is 540. The molecule has 1 aromatic carbocycles. The quantitative estimate of drug-likeness (QED) is 0.816. The fourth-order valence-electron chi connectivity index (χ4n) is 1.32. The van der Waals surface area contributed by atoms with Gasteiger partial charge in [0.1, 0.15) is 22.1 Å². The minimum atomic E-state index is -0.296. The molecule has 6 heteroatoms. The molecule has 1 heterocycles. The molecule has 0 amide bonds. The van der Waals surface area contributed by atoms with Crippen molar-refractivity contribution in [2.75, 3.05) is 5.32 Å². The van der Waals surface area contributed by atoms with Crippen molar-refractivity contribution in [2.45, 2.75) is 6.92 Å². The zero-order valence-electron chi connectivity index (χ0n) is 8.84. The lowest BCUT2D eigenvalue weighted by Gasteiger charge is -2.07. The molecule has 2 aromatic rings. The fourth-order valence-corrected chi connectivity index (χ4v) is 2.17. The van der Waals surface area contributed by atoms with Crippen molar-refractivity contribution < 1.29 is 4.39 Å². The second-order valence-electron chi connectivity index (χ2n) is 3.38. The summed E-state index contributed by atoms with van der Waals surface area (Å²) in [4.78, 5) is 8.32. The van der Waals surface area contributed by atoms with Crippen molar-refractivity contribution in [1.82, 2.24) is 9.97 Å². The SMILES string of the molecule is Cc1nc(Br)cc(Nc2ccc(F)c(Br)c2)n1. The van der Waals surface area contributed by atoms with Gasteiger partial charge >= 0.3 is 0 Å². The van der Waals surface area contributed by atoms with E-state index in [-0.39, 0.29) is 5.82 Å². The Morgan fingerprint density at radius 1 is 1.18 bits per heavy atom. The van der Waals surface area contributed by atoms with Crippen LogP contribution in [0.5, 0.6) is 0 Å². The number of nitrogens with zero attached hydrogens (tertiary/aromatic N) is 2. The number of hydrogen-bond donors (Lipinski definition) is 1. The minimum Gasteiger partial charge on any atom is -0.340 e. The van der Waals surface area contributed by atoms with Gasteiger partial charge in [-0.05, 0) is 57.0 Å². The molecule has 0 radical (unpaired) electrons. The predicted molar refractivity (Wildman–Crippen MR) is 71.9 cm³/mol. The average Bonchev–Trinajstić information content (AvgIpc) is 2.22. The first kappa shape index (κ1) is 12.4. The van der Waals surface area contributed by atoms with Gasteiger partial charge in [-0.25, -0.2) is 14.4 Å². The van der Waals surface area contributed by atoms with Crippen LogP contribution in [0.4, 0.5) is 15.9 Å². The van der Waals surface area contributed by atoms with Gasteiger partial charge in [0, 0.05) is 11.8 Å². The van der Waals surface area contributed by atoms with E-state index in [1.807, 2.05) is 0 Å². The minimum absolute atomic E-state index is 0.296. The molecule has 0 aliphatic rings. The highest BCUT2D eigenvalue weighted by molar-refractivity contribution is 9.10. The van der Waals surface area contributed by atoms with Gasteiger partial charge in [0.25, 0.3) is 0 Å². The van der Waals surface area contributed by atoms with E-state index < -0.39 is 0 Å². The zero-order valence-corrected chi connectivity index (χ0v) is 12.0. The Kier molecular flexibility index (Phi) is 3.73. The van der Waals surface area contributed by atoms with E-state index in [1.54, 1.807) is 25.1 Å². The lowest BCUT2D eigenvalue weighted by Crippen LogP contribution is -1.97. The maximum Gasteiger partial charge on any atom is 0.137 e. The van der Waals surface area contributed by atoms with Crippen LogP contribution < -0.4 is 5.32 Å². The second kappa shape index (κ2) is 5.10. The molecule has 88 valence electrons. The largest absolute Gasteiger partial charge is 0.340 e. The summed E-state index contributed by atoms with van der Waals surface area (Å²) in [6.07, 6.45) is 0. The van der Waals surface area contributed by atoms with Gasteiger partial charge in [-0.2, -0.15) is 0 Å². The summed E-state index contributed by atoms with van der Waals surface area (Å²) < 4.78 is 14.2. The number of hydrogen-bond acceptors (Lipinski definition) is 3. The molecule has 0 saturated carbocycles. The maximum absolute atomic E-state index is 13.1. The zero-order chi connectivity index (χ0) is 12.4. The molecular formula is C11H8Br2FN3. The lowest BCUT2D eigenvalue weighted by molar-refractivity contribution is 0.621. The van der Waals surface area contributed by atoms with Crippen LogP contribution in [0, 0.1) is 12.7 Å². The number of anilines is 2. The lowest BCUT2D eigenvalue weighted by atomic mass is 10.3. The van der Waals surface area contributed by atoms with Gasteiger partial charge in [0.15, 0.2) is 0 Å². The first-order chi connectivity index (χ1) is 8.04. The number of aryl methyl sites for hydroxylation is 1. The van der Waals surface area contributed by atoms with E-state index in [0.717, 1.165) is 5.69 Å². The molecule has 0 atom stereocenters. The van der Waals surface area contributed by atoms with Gasteiger partial charge in [0.05, 0.1) is 4.47 Å². The Balaban J connectivity index is 2.28. The van der Waals surface area contributed by atoms with Crippen LogP contribution in [0.25, 0.3) is 0 Å². The molecule has 0 unspecified atom stereocenters. The summed E-state index contributed by atoms with van der Waals surface area (Å²) in [6, 6.07) is 6.44. The summed E-state index contributed by atoms with van der Waals surface area (Å²) in [5, 5.41) is 3.08. The number of aromatic nitrogens is 2. The van der Waals surface area contributed by atoms with Crippen LogP contribution in [0.1, 0.15) is 5.82 Å². The Morgan fingerprint density at radius 3 is 2.59 bits per heavy atom. The first-order valence-corrected chi connectivity index (χ1v) is 6.36. The Morgan fingerprint density at radius 2 is 1.94 bits per heavy atom. The molecule has 0 aliphatic carbocycles. The average molecular weight is 361 g/mol. The molecule has 0 fully saturated rings. The van der Waals surface area contributed by atoms with Crippen molar-refractivity contribution in [1.29, 1.82) is 0 Å². The van der Waals surface area contributed by atoms with Crippen LogP contribution in [0.15, 0.2) is 33.3 Å². The Labute approximate surface area is 115 Å². The summed E-state index contributed by atoms with van der Waals surface area (Å²) in [7, 11) is 0. The predicted octanol–water partition coefficient (Wildman–Crippen LogP) is 4.19. The van der Waals surface area contributed by atoms with Gasteiger partial charge in [-0.3, -0.25) is 0 Å². The third kappa shape index (κ3) is 3.23. The van der Waals surface area contributed by atoms with E-state index in [4.69, 9.17) is 0 Å². The van der Waals surface area contributed by atoms with Crippen molar-refractivity contribution in [3.63, 3.8) is 0 Å². The second-order valence-corrected chi connectivity index (χ2v) is 5.04. The van der Waals surface area contributed by atoms with Crippen LogP contribution in [0.3, 0.4) is 0 Å². The topological polar surface area (TPSA) is 37.8 Å². The van der Waals surface area contributed by atoms with Crippen molar-refractivity contribution in [3.05, 3.63) is 45.0 Å². The van der Waals surface area contributed by atoms with E-state index in [9.17, 15) is 4.39 Å². The molecular weight excluding hydrogens is 353 g/mol. The monoisotopic (exact) mass is 359 g/mol. The molecule has 17 heavy (non-hydrogen) atoms. The van der Waals surface area contributed by atoms with Crippen LogP contribution >= 0.6 is 31.9 Å². The molecule has 0 bridgehead atoms. The van der Waals surface area contributed by atoms with Crippen LogP contribution in [-0.2, 0) is 0 Å². The van der Waals surface area contributed by atoms with E-state index in [0.29, 0.717) is 20.7 Å². The number of halogens is 3. The summed E-state index contributed by atoms with van der Waals surface area (Å²) >= 11 is 6.42. The van der Waals surface area contributed by atoms with Crippen LogP contribution in [-0.4, -0.2) is 9.97 Å². The van der Waals surface area contributed by atoms with E-state index in [2.05, 4.69) is 47.1 Å². The maximum atomic E-state index is 13.1. The van der Waals surface area contributed by atoms with E-state index in [1.165, 1.54) is 6.07 Å². The standard InChI is InChI=1S/C11H8Br2FN3/c1-6-15-10(13)5-11(16-6)17-7-2-3-9(14)8(12)4-7/h2-5H,1H3,(H,15,16,17). The third-order valence-corrected chi connectivity index (χ3v) is 3.01. The molecule has 0 aliphatic heterocycles. The highest BCUT2D eigenvalue weighted by Crippen LogP contribution is 2.23. The van der Waals surface area contributed by atoms with E-state index >= 15 is 0 Å². The van der Waals surface area contributed by atoms with Gasteiger partial charge < -0.3 is 5.32 Å². The smallest absolute Gasteiger partial charge is 0.137 e. The normalized spacial score (nSPS) is 10.4. The highest BCUT2D eigenvalue weighted by atomic mass is 79.9. The van der Waals surface area contributed by atoms with Crippen molar-refractivity contribution in [3.8, 4) is 0 Å². The molecule has 1 N–H and O–H groups in total. The van der Waals surface area contributed by atoms with Crippen molar-refractivity contribution >= 4 is 43.4 Å². The number of benzene rings is 1. The fraction of sp³-hybridized carbons (Fsp3) is 0.0909. The van der Waals surface area contributed by atoms with Crippen LogP contribution in [0.2, 0.25) is 0 Å². The summed E-state index contributed by atoms with van der Waals surface area (Å²) in [6.45, 7) is 1.80. The molecule has 1 aromatic heterocycles. The van der Waals surface area contributed by atoms with Crippen molar-refractivity contribution in [2.24, 2.45) is 0 Å². The molecule has 0 spiro atoms. The first-order valence-electron chi connectivity index (χ1n) is 4.78. The van der Waals surface area contributed by atoms with Gasteiger partial charge in [-0.1, -0.05) is 0 Å². The van der Waals surface area contributed by atoms with Gasteiger partial charge in [0.2, 0.25) is 0 Å². The number of rotatable bonds is 2. The summed E-state index contributed by atoms with van der Waals surface area (Å²) in [5.74, 6) is 1.02. The molecule has 0 saturated heterocycles. The third-order valence-electron chi connectivity index (χ3n) is 2.00. The molecule has 3 nitrogen and oxygen atoms in total. The van der Waals surface area contributed by atoms with Gasteiger partial charge in [-0.15, -0.1) is 0 Å². The number of nitrogens with one attached hydrogen (secondary N) is 1. The molecule has 2 rings (SSSR count). The Hall–Kier alpha value is -1.01.